The molecule has 0 aliphatic carbocycles. The summed E-state index contributed by atoms with van der Waals surface area (Å²) in [5, 5.41) is 4.09. The van der Waals surface area contributed by atoms with Gasteiger partial charge in [0.1, 0.15) is 23.2 Å². The summed E-state index contributed by atoms with van der Waals surface area (Å²) in [4.78, 5) is 0. The number of benzene rings is 4. The van der Waals surface area contributed by atoms with E-state index in [0.29, 0.717) is 11.5 Å². The van der Waals surface area contributed by atoms with E-state index in [2.05, 4.69) is 137 Å². The minimum Gasteiger partial charge on any atom is -1.00 e. The van der Waals surface area contributed by atoms with Crippen LogP contribution in [0.15, 0.2) is 103 Å². The fourth-order valence-electron chi connectivity index (χ4n) is 4.62. The van der Waals surface area contributed by atoms with E-state index >= 15 is 0 Å². The van der Waals surface area contributed by atoms with E-state index in [1.165, 1.54) is 21.5 Å². The van der Waals surface area contributed by atoms with Crippen LogP contribution in [0.4, 0.5) is 0 Å². The molecule has 206 valence electrons. The summed E-state index contributed by atoms with van der Waals surface area (Å²) in [6.07, 6.45) is 0.833. The summed E-state index contributed by atoms with van der Waals surface area (Å²) in [5.41, 5.74) is 1.17. The molecule has 4 rings (SSSR count). The second-order valence-corrected chi connectivity index (χ2v) is 19.4. The highest BCUT2D eigenvalue weighted by molar-refractivity contribution is 7.95. The van der Waals surface area contributed by atoms with Gasteiger partial charge in [0.25, 0.3) is 8.32 Å². The van der Waals surface area contributed by atoms with Crippen molar-refractivity contribution in [1.29, 1.82) is 0 Å². The Balaban J connectivity index is 0.00000420. The molecule has 0 atom stereocenters. The van der Waals surface area contributed by atoms with Crippen molar-refractivity contribution >= 4 is 31.5 Å². The Kier molecular flexibility index (Phi) is 10.1. The Morgan fingerprint density at radius 2 is 1.05 bits per heavy atom. The van der Waals surface area contributed by atoms with E-state index < -0.39 is 15.6 Å². The van der Waals surface area contributed by atoms with Gasteiger partial charge < -0.3 is 30.9 Å². The average molecular weight is 624 g/mol. The highest BCUT2D eigenvalue weighted by Crippen LogP contribution is 2.59. The fraction of sp³-hybridized carbons (Fsp3) is 0.273. The van der Waals surface area contributed by atoms with Crippen LogP contribution in [0.3, 0.4) is 0 Å². The van der Waals surface area contributed by atoms with Crippen LogP contribution in [0.5, 0.6) is 17.2 Å². The lowest BCUT2D eigenvalue weighted by Crippen LogP contribution is -3.00. The maximum Gasteiger partial charge on any atom is 0.250 e. The maximum atomic E-state index is 6.85. The van der Waals surface area contributed by atoms with E-state index in [9.17, 15) is 0 Å². The minimum atomic E-state index is -2.13. The molecule has 0 fully saturated rings. The third-order valence-electron chi connectivity index (χ3n) is 7.69. The Hall–Kier alpha value is -2.59. The van der Waals surface area contributed by atoms with Gasteiger partial charge in [-0.25, -0.2) is 0 Å². The van der Waals surface area contributed by atoms with Gasteiger partial charge in [-0.2, -0.15) is 0 Å². The molecular formula is C33H40BrO3PSi. The van der Waals surface area contributed by atoms with Crippen LogP contribution in [-0.4, -0.2) is 22.5 Å². The molecule has 0 unspecified atom stereocenters. The first-order valence-corrected chi connectivity index (χ1v) is 18.0. The third-order valence-corrected chi connectivity index (χ3v) is 16.4. The topological polar surface area (TPSA) is 27.7 Å². The molecule has 0 spiro atoms. The summed E-state index contributed by atoms with van der Waals surface area (Å²) in [5.74, 6) is 2.12. The molecule has 4 aromatic carbocycles. The van der Waals surface area contributed by atoms with Crippen molar-refractivity contribution in [1.82, 2.24) is 0 Å². The first kappa shape index (κ1) is 30.9. The third kappa shape index (κ3) is 6.43. The summed E-state index contributed by atoms with van der Waals surface area (Å²) in [7, 11) is -0.816. The van der Waals surface area contributed by atoms with Crippen LogP contribution in [0.25, 0.3) is 0 Å². The predicted molar refractivity (Wildman–Crippen MR) is 166 cm³/mol. The van der Waals surface area contributed by atoms with Crippen LogP contribution >= 0.6 is 7.26 Å². The summed E-state index contributed by atoms with van der Waals surface area (Å²) < 4.78 is 18.6. The first-order valence-electron chi connectivity index (χ1n) is 13.1. The normalized spacial score (nSPS) is 11.9. The van der Waals surface area contributed by atoms with Gasteiger partial charge >= 0.3 is 0 Å². The van der Waals surface area contributed by atoms with E-state index in [0.717, 1.165) is 11.9 Å². The highest BCUT2D eigenvalue weighted by atomic mass is 79.9. The number of hydrogen-bond donors (Lipinski definition) is 0. The summed E-state index contributed by atoms with van der Waals surface area (Å²) in [6, 6.07) is 37.2. The zero-order valence-corrected chi connectivity index (χ0v) is 27.6. The lowest BCUT2D eigenvalue weighted by molar-refractivity contribution is -0.00000912. The van der Waals surface area contributed by atoms with Gasteiger partial charge in [0.05, 0.1) is 20.4 Å². The molecule has 0 radical (unpaired) electrons. The van der Waals surface area contributed by atoms with Crippen LogP contribution in [0, 0.1) is 0 Å². The van der Waals surface area contributed by atoms with E-state index in [4.69, 9.17) is 13.9 Å². The van der Waals surface area contributed by atoms with Crippen molar-refractivity contribution in [3.8, 4) is 17.2 Å². The van der Waals surface area contributed by atoms with E-state index in [1.54, 1.807) is 14.2 Å². The standard InChI is InChI=1S/C33H40O3PSi.BrH/c1-33(2,3)38(6,7)36-31-24-26(23-30(34-4)32(31)35-5)25-37(27-17-11-8-12-18-27,28-19-13-9-14-20-28)29-21-15-10-16-22-29;/h8-24H,25H2,1-7H3;1H/q+1;/p-1. The molecular weight excluding hydrogens is 583 g/mol. The molecule has 0 N–H and O–H groups in total. The number of halogens is 1. The van der Waals surface area contributed by atoms with Crippen molar-refractivity contribution in [3.63, 3.8) is 0 Å². The number of ether oxygens (including phenoxy) is 2. The highest BCUT2D eigenvalue weighted by Gasteiger charge is 2.46. The summed E-state index contributed by atoms with van der Waals surface area (Å²) in [6.45, 7) is 11.3. The van der Waals surface area contributed by atoms with Crippen LogP contribution in [-0.2, 0) is 6.16 Å². The molecule has 6 heteroatoms. The van der Waals surface area contributed by atoms with Gasteiger partial charge in [-0.15, -0.1) is 0 Å². The van der Waals surface area contributed by atoms with Crippen LogP contribution < -0.4 is 46.8 Å². The fourth-order valence-corrected chi connectivity index (χ4v) is 9.84. The first-order chi connectivity index (χ1) is 18.1. The SMILES string of the molecule is COc1cc(C[P+](c2ccccc2)(c2ccccc2)c2ccccc2)cc(O[Si](C)(C)C(C)(C)C)c1OC.[Br-]. The minimum absolute atomic E-state index is 0. The molecule has 4 aromatic rings. The molecule has 0 saturated carbocycles. The van der Waals surface area contributed by atoms with Gasteiger partial charge in [-0.05, 0) is 72.2 Å². The van der Waals surface area contributed by atoms with Crippen LogP contribution in [0.2, 0.25) is 18.1 Å². The zero-order chi connectivity index (χ0) is 27.4. The molecule has 0 bridgehead atoms. The summed E-state index contributed by atoms with van der Waals surface area (Å²) >= 11 is 0. The maximum absolute atomic E-state index is 6.85. The molecule has 3 nitrogen and oxygen atoms in total. The number of methoxy groups -OCH3 is 2. The number of hydrogen-bond acceptors (Lipinski definition) is 3. The molecule has 0 amide bonds. The van der Waals surface area contributed by atoms with Gasteiger partial charge in [-0.3, -0.25) is 0 Å². The van der Waals surface area contributed by atoms with Crippen molar-refractivity contribution < 1.29 is 30.9 Å². The van der Waals surface area contributed by atoms with Gasteiger partial charge in [-0.1, -0.05) is 75.4 Å². The molecule has 39 heavy (non-hydrogen) atoms. The predicted octanol–water partition coefficient (Wildman–Crippen LogP) is 4.59. The Morgan fingerprint density at radius 1 is 0.641 bits per heavy atom. The Labute approximate surface area is 246 Å². The molecule has 0 heterocycles. The Morgan fingerprint density at radius 3 is 1.41 bits per heavy atom. The monoisotopic (exact) mass is 622 g/mol. The largest absolute Gasteiger partial charge is 1.00 e. The lowest BCUT2D eigenvalue weighted by Gasteiger charge is -2.37. The number of rotatable bonds is 9. The van der Waals surface area contributed by atoms with E-state index in [-0.39, 0.29) is 22.0 Å². The Bertz CT molecular complexity index is 1240. The van der Waals surface area contributed by atoms with Crippen molar-refractivity contribution in [2.45, 2.75) is 45.1 Å². The average Bonchev–Trinajstić information content (AvgIpc) is 2.92. The second kappa shape index (κ2) is 12.7. The van der Waals surface area contributed by atoms with Gasteiger partial charge in [0, 0.05) is 0 Å². The van der Waals surface area contributed by atoms with Crippen molar-refractivity contribution in [3.05, 3.63) is 109 Å². The quantitative estimate of drug-likeness (QED) is 0.202. The molecule has 0 aliphatic heterocycles. The van der Waals surface area contributed by atoms with E-state index in [1.807, 2.05) is 0 Å². The van der Waals surface area contributed by atoms with Gasteiger partial charge in [0.15, 0.2) is 11.5 Å². The molecule has 0 saturated heterocycles. The molecule has 0 aliphatic rings. The van der Waals surface area contributed by atoms with Crippen molar-refractivity contribution in [2.75, 3.05) is 14.2 Å². The van der Waals surface area contributed by atoms with Gasteiger partial charge in [0.2, 0.25) is 5.75 Å². The second-order valence-electron chi connectivity index (χ2n) is 11.2. The lowest BCUT2D eigenvalue weighted by atomic mass is 10.2. The smallest absolute Gasteiger partial charge is 0.250 e. The molecule has 0 aromatic heterocycles. The van der Waals surface area contributed by atoms with Crippen LogP contribution in [0.1, 0.15) is 26.3 Å². The zero-order valence-electron chi connectivity index (χ0n) is 24.1. The van der Waals surface area contributed by atoms with Crippen molar-refractivity contribution in [2.24, 2.45) is 0 Å².